The maximum atomic E-state index is 13.7. The van der Waals surface area contributed by atoms with Crippen molar-refractivity contribution < 1.29 is 4.74 Å². The number of hydrogen-bond donors (Lipinski definition) is 4. The molecule has 0 saturated carbocycles. The summed E-state index contributed by atoms with van der Waals surface area (Å²) < 4.78 is 7.47. The van der Waals surface area contributed by atoms with Crippen molar-refractivity contribution >= 4 is 43.5 Å². The van der Waals surface area contributed by atoms with Crippen LogP contribution in [0, 0.1) is 13.8 Å². The summed E-state index contributed by atoms with van der Waals surface area (Å²) in [6.45, 7) is 4.26. The summed E-state index contributed by atoms with van der Waals surface area (Å²) in [5.74, 6) is -0.200. The van der Waals surface area contributed by atoms with Crippen molar-refractivity contribution in [1.82, 2.24) is 20.4 Å². The van der Waals surface area contributed by atoms with Crippen LogP contribution in [0.5, 0.6) is 5.75 Å². The molecule has 0 amide bonds. The zero-order valence-corrected chi connectivity index (χ0v) is 27.7. The Kier molecular flexibility index (Phi) is 8.53. The minimum Gasteiger partial charge on any atom is -0.486 e. The molecule has 222 valence electrons. The second kappa shape index (κ2) is 12.5. The number of aromatic amines is 4. The monoisotopic (exact) mass is 732 g/mol. The van der Waals surface area contributed by atoms with Gasteiger partial charge in [0.25, 0.3) is 11.1 Å². The van der Waals surface area contributed by atoms with Crippen molar-refractivity contribution in [3.63, 3.8) is 0 Å². The van der Waals surface area contributed by atoms with E-state index in [1.165, 1.54) is 0 Å². The molecule has 7 nitrogen and oxygen atoms in total. The van der Waals surface area contributed by atoms with E-state index < -0.39 is 5.92 Å². The van der Waals surface area contributed by atoms with Crippen LogP contribution in [-0.4, -0.2) is 20.4 Å². The first-order chi connectivity index (χ1) is 21.2. The van der Waals surface area contributed by atoms with Crippen molar-refractivity contribution in [2.75, 3.05) is 0 Å². The minimum atomic E-state index is -0.766. The minimum absolute atomic E-state index is 0.254. The molecule has 0 fully saturated rings. The number of hydrogen-bond acceptors (Lipinski definition) is 3. The standard InChI is InChI=1S/C34H27Br2ClN4O3/c1-18-7-11-20(12-8-18)30-28(33(42)40-38-30)27(29-31(39-41-34(29)43)21-13-9-19(2)10-14-21)23-15-24(35)32(25(36)16-23)44-17-22-5-3-4-6-26(22)37/h3-16,27H,17H2,1-2H3,(H2,38,40,42)(H2,39,41,43). The molecule has 6 aromatic rings. The summed E-state index contributed by atoms with van der Waals surface area (Å²) in [5, 5.41) is 12.3. The third-order valence-electron chi connectivity index (χ3n) is 7.57. The third-order valence-corrected chi connectivity index (χ3v) is 9.12. The SMILES string of the molecule is Cc1ccc(-c2[nH][nH]c(=O)c2C(c2cc(Br)c(OCc3ccccc3Cl)c(Br)c2)c2c(-c3ccc(C)cc3)[nH][nH]c2=O)cc1. The van der Waals surface area contributed by atoms with Crippen LogP contribution < -0.4 is 15.9 Å². The van der Waals surface area contributed by atoms with E-state index >= 15 is 0 Å². The average molecular weight is 735 g/mol. The van der Waals surface area contributed by atoms with Crippen molar-refractivity contribution in [2.45, 2.75) is 26.4 Å². The fourth-order valence-electron chi connectivity index (χ4n) is 5.31. The first kappa shape index (κ1) is 30.0. The fraction of sp³-hybridized carbons (Fsp3) is 0.118. The molecule has 0 bridgehead atoms. The van der Waals surface area contributed by atoms with Gasteiger partial charge in [0.05, 0.1) is 31.5 Å². The van der Waals surface area contributed by atoms with E-state index in [-0.39, 0.29) is 17.7 Å². The Balaban J connectivity index is 1.53. The van der Waals surface area contributed by atoms with E-state index in [0.717, 1.165) is 27.8 Å². The van der Waals surface area contributed by atoms with Crippen LogP contribution in [0.2, 0.25) is 5.02 Å². The summed E-state index contributed by atoms with van der Waals surface area (Å²) in [7, 11) is 0. The maximum absolute atomic E-state index is 13.7. The van der Waals surface area contributed by atoms with Gasteiger partial charge in [-0.3, -0.25) is 30.0 Å². The molecule has 0 radical (unpaired) electrons. The number of aryl methyl sites for hydroxylation is 2. The van der Waals surface area contributed by atoms with Gasteiger partial charge < -0.3 is 4.74 Å². The van der Waals surface area contributed by atoms with Crippen molar-refractivity contribution in [3.8, 4) is 28.3 Å². The second-order valence-corrected chi connectivity index (χ2v) is 12.7. The van der Waals surface area contributed by atoms with E-state index in [1.807, 2.05) is 98.8 Å². The van der Waals surface area contributed by atoms with E-state index in [4.69, 9.17) is 16.3 Å². The molecule has 44 heavy (non-hydrogen) atoms. The Morgan fingerprint density at radius 3 is 1.66 bits per heavy atom. The molecule has 2 aromatic heterocycles. The maximum Gasteiger partial charge on any atom is 0.268 e. The lowest BCUT2D eigenvalue weighted by Gasteiger charge is -2.20. The Morgan fingerprint density at radius 1 is 0.705 bits per heavy atom. The lowest BCUT2D eigenvalue weighted by atomic mass is 9.83. The molecule has 0 saturated heterocycles. The Hall–Kier alpha value is -4.05. The van der Waals surface area contributed by atoms with Crippen LogP contribution >= 0.6 is 43.5 Å². The molecule has 0 aliphatic carbocycles. The summed E-state index contributed by atoms with van der Waals surface area (Å²) in [6, 6.07) is 27.0. The molecule has 0 unspecified atom stereocenters. The summed E-state index contributed by atoms with van der Waals surface area (Å²) in [5.41, 5.74) is 6.73. The zero-order valence-electron chi connectivity index (χ0n) is 23.7. The van der Waals surface area contributed by atoms with Gasteiger partial charge in [-0.1, -0.05) is 89.5 Å². The highest BCUT2D eigenvalue weighted by Gasteiger charge is 2.32. The predicted octanol–water partition coefficient (Wildman–Crippen LogP) is 8.61. The number of rotatable bonds is 8. The lowest BCUT2D eigenvalue weighted by molar-refractivity contribution is 0.302. The summed E-state index contributed by atoms with van der Waals surface area (Å²) >= 11 is 13.7. The van der Waals surface area contributed by atoms with Gasteiger partial charge in [-0.15, -0.1) is 0 Å². The van der Waals surface area contributed by atoms with Crippen molar-refractivity contribution in [3.05, 3.63) is 153 Å². The number of halogens is 3. The third kappa shape index (κ3) is 5.87. The number of aromatic nitrogens is 4. The van der Waals surface area contributed by atoms with Gasteiger partial charge in [-0.05, 0) is 80.6 Å². The van der Waals surface area contributed by atoms with Crippen LogP contribution in [0.3, 0.4) is 0 Å². The summed E-state index contributed by atoms with van der Waals surface area (Å²) in [6.07, 6.45) is 0. The Bertz CT molecular complexity index is 1950. The second-order valence-electron chi connectivity index (χ2n) is 10.6. The molecule has 4 N–H and O–H groups in total. The molecule has 0 aliphatic heterocycles. The quantitative estimate of drug-likeness (QED) is 0.126. The number of H-pyrrole nitrogens is 4. The highest BCUT2D eigenvalue weighted by Crippen LogP contribution is 2.43. The average Bonchev–Trinajstić information content (AvgIpc) is 3.57. The van der Waals surface area contributed by atoms with E-state index in [2.05, 4.69) is 52.3 Å². The van der Waals surface area contributed by atoms with Gasteiger partial charge in [0.1, 0.15) is 12.4 Å². The molecule has 0 aliphatic rings. The first-order valence-corrected chi connectivity index (χ1v) is 15.8. The summed E-state index contributed by atoms with van der Waals surface area (Å²) in [4.78, 5) is 27.3. The van der Waals surface area contributed by atoms with Gasteiger partial charge in [0, 0.05) is 16.5 Å². The molecular weight excluding hydrogens is 708 g/mol. The fourth-order valence-corrected chi connectivity index (χ4v) is 6.95. The van der Waals surface area contributed by atoms with Gasteiger partial charge in [0.15, 0.2) is 0 Å². The number of benzene rings is 4. The van der Waals surface area contributed by atoms with Crippen LogP contribution in [0.1, 0.15) is 39.3 Å². The van der Waals surface area contributed by atoms with Gasteiger partial charge >= 0.3 is 0 Å². The first-order valence-electron chi connectivity index (χ1n) is 13.8. The highest BCUT2D eigenvalue weighted by atomic mass is 79.9. The molecule has 10 heteroatoms. The molecule has 0 atom stereocenters. The Labute approximate surface area is 274 Å². The Morgan fingerprint density at radius 2 is 1.18 bits per heavy atom. The lowest BCUT2D eigenvalue weighted by Crippen LogP contribution is -2.20. The smallest absolute Gasteiger partial charge is 0.268 e. The normalized spacial score (nSPS) is 11.3. The van der Waals surface area contributed by atoms with Gasteiger partial charge in [-0.25, -0.2) is 0 Å². The predicted molar refractivity (Wildman–Crippen MR) is 182 cm³/mol. The zero-order chi connectivity index (χ0) is 31.0. The van der Waals surface area contributed by atoms with Crippen molar-refractivity contribution in [2.24, 2.45) is 0 Å². The highest BCUT2D eigenvalue weighted by molar-refractivity contribution is 9.11. The molecular formula is C34H27Br2ClN4O3. The topological polar surface area (TPSA) is 107 Å². The largest absolute Gasteiger partial charge is 0.486 e. The van der Waals surface area contributed by atoms with E-state index in [9.17, 15) is 9.59 Å². The number of nitrogens with one attached hydrogen (secondary N) is 4. The number of ether oxygens (including phenoxy) is 1. The molecule has 2 heterocycles. The van der Waals surface area contributed by atoms with E-state index in [1.54, 1.807) is 0 Å². The van der Waals surface area contributed by atoms with Crippen molar-refractivity contribution in [1.29, 1.82) is 0 Å². The van der Waals surface area contributed by atoms with Crippen LogP contribution in [0.4, 0.5) is 0 Å². The van der Waals surface area contributed by atoms with Crippen LogP contribution in [0.25, 0.3) is 22.5 Å². The van der Waals surface area contributed by atoms with Gasteiger partial charge in [0.2, 0.25) is 0 Å². The van der Waals surface area contributed by atoms with Crippen LogP contribution in [-0.2, 0) is 6.61 Å². The molecule has 6 rings (SSSR count). The molecule has 4 aromatic carbocycles. The van der Waals surface area contributed by atoms with Crippen LogP contribution in [0.15, 0.2) is 103 Å². The molecule has 0 spiro atoms. The van der Waals surface area contributed by atoms with E-state index in [0.29, 0.717) is 47.8 Å². The van der Waals surface area contributed by atoms with Gasteiger partial charge in [-0.2, -0.15) is 0 Å².